The zero-order valence-electron chi connectivity index (χ0n) is 11.4. The zero-order valence-corrected chi connectivity index (χ0v) is 11.4. The van der Waals surface area contributed by atoms with Gasteiger partial charge in [-0.2, -0.15) is 0 Å². The minimum absolute atomic E-state index is 0.126. The van der Waals surface area contributed by atoms with Crippen molar-refractivity contribution in [3.63, 3.8) is 0 Å². The molecule has 0 radical (unpaired) electrons. The fourth-order valence-corrected chi connectivity index (χ4v) is 2.38. The van der Waals surface area contributed by atoms with Crippen LogP contribution in [0, 0.1) is 5.82 Å². The summed E-state index contributed by atoms with van der Waals surface area (Å²) in [7, 11) is 0. The molecule has 3 aromatic rings. The highest BCUT2D eigenvalue weighted by Crippen LogP contribution is 2.16. The number of amides is 1. The molecule has 0 unspecified atom stereocenters. The molecule has 2 N–H and O–H groups in total. The minimum atomic E-state index is -0.255. The molecule has 1 aromatic heterocycles. The van der Waals surface area contributed by atoms with Crippen LogP contribution in [0.25, 0.3) is 10.9 Å². The van der Waals surface area contributed by atoms with Crippen molar-refractivity contribution in [1.82, 2.24) is 10.3 Å². The molecule has 0 atom stereocenters. The Morgan fingerprint density at radius 2 is 2.00 bits per heavy atom. The third-order valence-electron chi connectivity index (χ3n) is 3.42. The van der Waals surface area contributed by atoms with Crippen LogP contribution in [-0.4, -0.2) is 17.4 Å². The van der Waals surface area contributed by atoms with Crippen LogP contribution in [0.5, 0.6) is 0 Å². The van der Waals surface area contributed by atoms with Gasteiger partial charge in [0.05, 0.1) is 11.1 Å². The first-order chi connectivity index (χ1) is 10.2. The summed E-state index contributed by atoms with van der Waals surface area (Å²) in [6, 6.07) is 13.9. The lowest BCUT2D eigenvalue weighted by Gasteiger charge is -2.06. The number of benzene rings is 2. The number of rotatable bonds is 4. The van der Waals surface area contributed by atoms with Crippen LogP contribution in [0.2, 0.25) is 0 Å². The topological polar surface area (TPSA) is 44.9 Å². The molecule has 0 fully saturated rings. The average Bonchev–Trinajstić information content (AvgIpc) is 2.95. The van der Waals surface area contributed by atoms with Gasteiger partial charge in [0.25, 0.3) is 5.91 Å². The highest BCUT2D eigenvalue weighted by molar-refractivity contribution is 6.05. The number of aromatic amines is 1. The quantitative estimate of drug-likeness (QED) is 0.758. The van der Waals surface area contributed by atoms with Gasteiger partial charge in [0.15, 0.2) is 0 Å². The lowest BCUT2D eigenvalue weighted by atomic mass is 10.1. The van der Waals surface area contributed by atoms with Gasteiger partial charge in [-0.3, -0.25) is 4.79 Å². The van der Waals surface area contributed by atoms with Crippen molar-refractivity contribution in [2.24, 2.45) is 0 Å². The molecule has 21 heavy (non-hydrogen) atoms. The Hall–Kier alpha value is -2.62. The van der Waals surface area contributed by atoms with Gasteiger partial charge in [0, 0.05) is 18.1 Å². The number of aromatic nitrogens is 1. The maximum Gasteiger partial charge on any atom is 0.253 e. The summed E-state index contributed by atoms with van der Waals surface area (Å²) in [5, 5.41) is 3.87. The van der Waals surface area contributed by atoms with Gasteiger partial charge in [0.1, 0.15) is 5.82 Å². The summed E-state index contributed by atoms with van der Waals surface area (Å²) in [5.41, 5.74) is 2.32. The maximum atomic E-state index is 13.1. The Balaban J connectivity index is 1.65. The Labute approximate surface area is 121 Å². The largest absolute Gasteiger partial charge is 0.361 e. The van der Waals surface area contributed by atoms with Crippen molar-refractivity contribution in [2.45, 2.75) is 6.42 Å². The van der Waals surface area contributed by atoms with Gasteiger partial charge < -0.3 is 10.3 Å². The number of H-pyrrole nitrogens is 1. The fraction of sp³-hybridized carbons (Fsp3) is 0.118. The first-order valence-electron chi connectivity index (χ1n) is 6.83. The predicted octanol–water partition coefficient (Wildman–Crippen LogP) is 3.28. The monoisotopic (exact) mass is 282 g/mol. The number of fused-ring (bicyclic) bond motifs is 1. The number of halogens is 1. The Morgan fingerprint density at radius 3 is 2.86 bits per heavy atom. The second-order valence-corrected chi connectivity index (χ2v) is 4.88. The third-order valence-corrected chi connectivity index (χ3v) is 3.42. The molecular formula is C17H15FN2O. The van der Waals surface area contributed by atoms with Crippen LogP contribution in [0.4, 0.5) is 4.39 Å². The first-order valence-corrected chi connectivity index (χ1v) is 6.83. The van der Waals surface area contributed by atoms with E-state index < -0.39 is 0 Å². The normalized spacial score (nSPS) is 10.7. The molecule has 0 spiro atoms. The molecule has 2 aromatic carbocycles. The molecule has 3 rings (SSSR count). The van der Waals surface area contributed by atoms with Gasteiger partial charge in [0.2, 0.25) is 0 Å². The van der Waals surface area contributed by atoms with Gasteiger partial charge in [-0.1, -0.05) is 24.3 Å². The van der Waals surface area contributed by atoms with Crippen molar-refractivity contribution >= 4 is 16.8 Å². The van der Waals surface area contributed by atoms with Crippen LogP contribution in [0.3, 0.4) is 0 Å². The highest BCUT2D eigenvalue weighted by atomic mass is 19.1. The van der Waals surface area contributed by atoms with E-state index in [1.807, 2.05) is 30.5 Å². The zero-order chi connectivity index (χ0) is 14.7. The average molecular weight is 282 g/mol. The summed E-state index contributed by atoms with van der Waals surface area (Å²) in [4.78, 5) is 15.3. The molecule has 0 bridgehead atoms. The fourth-order valence-electron chi connectivity index (χ4n) is 2.38. The second kappa shape index (κ2) is 5.79. The lowest BCUT2D eigenvalue weighted by molar-refractivity contribution is 0.0955. The van der Waals surface area contributed by atoms with E-state index in [2.05, 4.69) is 10.3 Å². The number of carbonyl (C=O) groups is 1. The molecule has 1 amide bonds. The molecule has 3 nitrogen and oxygen atoms in total. The molecule has 106 valence electrons. The van der Waals surface area contributed by atoms with Gasteiger partial charge >= 0.3 is 0 Å². The van der Waals surface area contributed by atoms with Crippen molar-refractivity contribution in [2.75, 3.05) is 6.54 Å². The van der Waals surface area contributed by atoms with E-state index in [1.165, 1.54) is 12.1 Å². The van der Waals surface area contributed by atoms with E-state index in [1.54, 1.807) is 12.1 Å². The number of para-hydroxylation sites is 1. The summed E-state index contributed by atoms with van der Waals surface area (Å²) in [5.74, 6) is -0.380. The number of hydrogen-bond donors (Lipinski definition) is 2. The smallest absolute Gasteiger partial charge is 0.253 e. The molecule has 4 heteroatoms. The van der Waals surface area contributed by atoms with E-state index in [0.29, 0.717) is 18.5 Å². The van der Waals surface area contributed by atoms with Crippen molar-refractivity contribution in [1.29, 1.82) is 0 Å². The Morgan fingerprint density at radius 1 is 1.14 bits per heavy atom. The minimum Gasteiger partial charge on any atom is -0.361 e. The van der Waals surface area contributed by atoms with Crippen LogP contribution in [0.1, 0.15) is 15.9 Å². The molecule has 0 saturated carbocycles. The summed E-state index contributed by atoms with van der Waals surface area (Å²) in [6.45, 7) is 0.472. The van der Waals surface area contributed by atoms with Crippen LogP contribution in [0.15, 0.2) is 54.7 Å². The SMILES string of the molecule is O=C(NCCc1cccc(F)c1)c1cccc2cc[nH]c12. The second-order valence-electron chi connectivity index (χ2n) is 4.88. The molecular weight excluding hydrogens is 267 g/mol. The molecule has 0 aliphatic heterocycles. The first kappa shape index (κ1) is 13.4. The van der Waals surface area contributed by atoms with Gasteiger partial charge in [-0.15, -0.1) is 0 Å². The van der Waals surface area contributed by atoms with E-state index in [4.69, 9.17) is 0 Å². The Bertz CT molecular complexity index is 779. The standard InChI is InChI=1S/C17H15FN2O/c18-14-5-1-3-12(11-14)7-9-20-17(21)15-6-2-4-13-8-10-19-16(13)15/h1-6,8,10-11,19H,7,9H2,(H,20,21). The molecule has 0 aliphatic rings. The summed E-state index contributed by atoms with van der Waals surface area (Å²) < 4.78 is 13.1. The molecule has 1 heterocycles. The number of nitrogens with one attached hydrogen (secondary N) is 2. The third kappa shape index (κ3) is 2.94. The van der Waals surface area contributed by atoms with Crippen LogP contribution < -0.4 is 5.32 Å². The van der Waals surface area contributed by atoms with E-state index >= 15 is 0 Å². The highest BCUT2D eigenvalue weighted by Gasteiger charge is 2.09. The molecule has 0 aliphatic carbocycles. The van der Waals surface area contributed by atoms with E-state index in [-0.39, 0.29) is 11.7 Å². The lowest BCUT2D eigenvalue weighted by Crippen LogP contribution is -2.25. The predicted molar refractivity (Wildman–Crippen MR) is 80.7 cm³/mol. The summed E-state index contributed by atoms with van der Waals surface area (Å²) >= 11 is 0. The van der Waals surface area contributed by atoms with Crippen molar-refractivity contribution in [3.8, 4) is 0 Å². The van der Waals surface area contributed by atoms with E-state index in [0.717, 1.165) is 16.5 Å². The van der Waals surface area contributed by atoms with E-state index in [9.17, 15) is 9.18 Å². The van der Waals surface area contributed by atoms with Crippen LogP contribution >= 0.6 is 0 Å². The number of carbonyl (C=O) groups excluding carboxylic acids is 1. The maximum absolute atomic E-state index is 13.1. The van der Waals surface area contributed by atoms with Crippen molar-refractivity contribution < 1.29 is 9.18 Å². The molecule has 0 saturated heterocycles. The summed E-state index contributed by atoms with van der Waals surface area (Å²) in [6.07, 6.45) is 2.42. The van der Waals surface area contributed by atoms with Gasteiger partial charge in [-0.25, -0.2) is 4.39 Å². The van der Waals surface area contributed by atoms with Crippen LogP contribution in [-0.2, 0) is 6.42 Å². The van der Waals surface area contributed by atoms with Gasteiger partial charge in [-0.05, 0) is 36.2 Å². The van der Waals surface area contributed by atoms with Crippen molar-refractivity contribution in [3.05, 3.63) is 71.7 Å². The number of hydrogen-bond acceptors (Lipinski definition) is 1. The Kier molecular flexibility index (Phi) is 3.69.